The molecule has 2 saturated heterocycles. The first kappa shape index (κ1) is 13.8. The molecule has 0 amide bonds. The molecule has 1 spiro atoms. The topological polar surface area (TPSA) is 54.4 Å². The van der Waals surface area contributed by atoms with Gasteiger partial charge in [-0.1, -0.05) is 0 Å². The van der Waals surface area contributed by atoms with E-state index >= 15 is 0 Å². The maximum Gasteiger partial charge on any atom is 0.158 e. The van der Waals surface area contributed by atoms with Crippen molar-refractivity contribution in [2.75, 3.05) is 44.7 Å². The van der Waals surface area contributed by atoms with Crippen molar-refractivity contribution in [2.45, 2.75) is 18.9 Å². The van der Waals surface area contributed by atoms with Crippen molar-refractivity contribution in [1.82, 2.24) is 19.9 Å². The number of aromatic nitrogens is 3. The molecule has 2 aromatic heterocycles. The van der Waals surface area contributed by atoms with Crippen molar-refractivity contribution in [3.8, 4) is 0 Å². The first-order valence-corrected chi connectivity index (χ1v) is 7.81. The number of anilines is 1. The van der Waals surface area contributed by atoms with E-state index in [0.29, 0.717) is 0 Å². The molecule has 4 heterocycles. The number of nitrogens with zero attached hydrogens (tertiary/aromatic N) is 5. The number of pyridine rings is 1. The second-order valence-corrected chi connectivity index (χ2v) is 6.46. The highest BCUT2D eigenvalue weighted by atomic mass is 16.5. The molecule has 6 heteroatoms. The molecule has 0 aromatic carbocycles. The van der Waals surface area contributed by atoms with Crippen LogP contribution in [0, 0.1) is 6.92 Å². The maximum atomic E-state index is 6.14. The maximum absolute atomic E-state index is 6.14. The van der Waals surface area contributed by atoms with Gasteiger partial charge >= 0.3 is 0 Å². The highest BCUT2D eigenvalue weighted by Crippen LogP contribution is 2.33. The lowest BCUT2D eigenvalue weighted by molar-refractivity contribution is -0.0885. The van der Waals surface area contributed by atoms with E-state index in [1.807, 2.05) is 19.1 Å². The summed E-state index contributed by atoms with van der Waals surface area (Å²) in [5, 5.41) is 0. The zero-order valence-electron chi connectivity index (χ0n) is 13.1. The van der Waals surface area contributed by atoms with Crippen LogP contribution in [-0.4, -0.2) is 65.3 Å². The molecule has 1 atom stereocenters. The molecule has 4 rings (SSSR count). The number of morpholine rings is 1. The van der Waals surface area contributed by atoms with Crippen LogP contribution in [0.5, 0.6) is 0 Å². The zero-order chi connectivity index (χ0) is 15.2. The minimum atomic E-state index is -0.0614. The lowest BCUT2D eigenvalue weighted by Gasteiger charge is -2.38. The average Bonchev–Trinajstić information content (AvgIpc) is 2.89. The van der Waals surface area contributed by atoms with Crippen molar-refractivity contribution in [3.63, 3.8) is 0 Å². The van der Waals surface area contributed by atoms with Gasteiger partial charge in [0.1, 0.15) is 11.8 Å². The van der Waals surface area contributed by atoms with Gasteiger partial charge in [-0.2, -0.15) is 0 Å². The van der Waals surface area contributed by atoms with Crippen molar-refractivity contribution in [3.05, 3.63) is 24.2 Å². The van der Waals surface area contributed by atoms with Gasteiger partial charge in [0.05, 0.1) is 17.7 Å². The molecule has 2 aromatic rings. The van der Waals surface area contributed by atoms with E-state index in [1.54, 1.807) is 6.33 Å². The molecular weight excluding hydrogens is 278 g/mol. The van der Waals surface area contributed by atoms with Crippen molar-refractivity contribution in [2.24, 2.45) is 0 Å². The van der Waals surface area contributed by atoms with Gasteiger partial charge in [0, 0.05) is 31.9 Å². The first-order valence-electron chi connectivity index (χ1n) is 7.81. The summed E-state index contributed by atoms with van der Waals surface area (Å²) < 4.78 is 6.14. The molecule has 0 radical (unpaired) electrons. The van der Waals surface area contributed by atoms with E-state index in [-0.39, 0.29) is 5.60 Å². The van der Waals surface area contributed by atoms with Gasteiger partial charge in [-0.3, -0.25) is 0 Å². The Morgan fingerprint density at radius 2 is 2.09 bits per heavy atom. The second kappa shape index (κ2) is 5.14. The Labute approximate surface area is 130 Å². The highest BCUT2D eigenvalue weighted by molar-refractivity contribution is 5.85. The molecule has 2 aliphatic rings. The first-order chi connectivity index (χ1) is 10.7. The van der Waals surface area contributed by atoms with Gasteiger partial charge in [0.2, 0.25) is 0 Å². The number of fused-ring (bicyclic) bond motifs is 1. The van der Waals surface area contributed by atoms with Crippen molar-refractivity contribution < 1.29 is 4.74 Å². The summed E-state index contributed by atoms with van der Waals surface area (Å²) in [7, 11) is 2.16. The van der Waals surface area contributed by atoms with Crippen LogP contribution in [0.25, 0.3) is 11.0 Å². The van der Waals surface area contributed by atoms with Crippen molar-refractivity contribution in [1.29, 1.82) is 0 Å². The van der Waals surface area contributed by atoms with Gasteiger partial charge in [-0.05, 0) is 32.5 Å². The van der Waals surface area contributed by atoms with Crippen LogP contribution in [0.3, 0.4) is 0 Å². The molecule has 1 unspecified atom stereocenters. The van der Waals surface area contributed by atoms with E-state index < -0.39 is 0 Å². The summed E-state index contributed by atoms with van der Waals surface area (Å²) >= 11 is 0. The fraction of sp³-hybridized carbons (Fsp3) is 0.562. The minimum absolute atomic E-state index is 0.0614. The number of hydrogen-bond donors (Lipinski definition) is 0. The standard InChI is InChI=1S/C16H21N5O/c1-12-3-4-13-14(19-12)15(18-11-17-13)21-6-5-16(10-21)9-20(2)7-8-22-16/h3-4,11H,5-10H2,1-2H3. The Bertz CT molecular complexity index is 706. The average molecular weight is 299 g/mol. The second-order valence-electron chi connectivity index (χ2n) is 6.46. The predicted molar refractivity (Wildman–Crippen MR) is 85.1 cm³/mol. The molecule has 0 aliphatic carbocycles. The minimum Gasteiger partial charge on any atom is -0.370 e. The fourth-order valence-electron chi connectivity index (χ4n) is 3.56. The lowest BCUT2D eigenvalue weighted by Crippen LogP contribution is -2.52. The molecule has 0 saturated carbocycles. The van der Waals surface area contributed by atoms with Gasteiger partial charge in [-0.25, -0.2) is 15.0 Å². The molecule has 6 nitrogen and oxygen atoms in total. The van der Waals surface area contributed by atoms with E-state index in [2.05, 4.69) is 31.8 Å². The van der Waals surface area contributed by atoms with Crippen LogP contribution in [0.15, 0.2) is 18.5 Å². The number of aryl methyl sites for hydroxylation is 1. The molecule has 2 fully saturated rings. The highest BCUT2D eigenvalue weighted by Gasteiger charge is 2.42. The summed E-state index contributed by atoms with van der Waals surface area (Å²) in [4.78, 5) is 18.1. The normalized spacial score (nSPS) is 26.2. The van der Waals surface area contributed by atoms with Gasteiger partial charge in [0.25, 0.3) is 0 Å². The van der Waals surface area contributed by atoms with Crippen LogP contribution in [0.4, 0.5) is 5.82 Å². The zero-order valence-corrected chi connectivity index (χ0v) is 13.1. The Kier molecular flexibility index (Phi) is 3.23. The quantitative estimate of drug-likeness (QED) is 0.790. The molecule has 116 valence electrons. The summed E-state index contributed by atoms with van der Waals surface area (Å²) in [6.45, 7) is 6.64. The van der Waals surface area contributed by atoms with Crippen LogP contribution in [0.1, 0.15) is 12.1 Å². The van der Waals surface area contributed by atoms with Crippen molar-refractivity contribution >= 4 is 16.9 Å². The van der Waals surface area contributed by atoms with Crippen LogP contribution in [-0.2, 0) is 4.74 Å². The van der Waals surface area contributed by atoms with Crippen LogP contribution in [0.2, 0.25) is 0 Å². The van der Waals surface area contributed by atoms with Gasteiger partial charge in [-0.15, -0.1) is 0 Å². The molecular formula is C16H21N5O. The lowest BCUT2D eigenvalue weighted by atomic mass is 10.0. The predicted octanol–water partition coefficient (Wildman–Crippen LogP) is 1.24. The third-order valence-corrected chi connectivity index (χ3v) is 4.66. The van der Waals surface area contributed by atoms with Gasteiger partial charge < -0.3 is 14.5 Å². The van der Waals surface area contributed by atoms with Crippen LogP contribution >= 0.6 is 0 Å². The summed E-state index contributed by atoms with van der Waals surface area (Å²) in [5.41, 5.74) is 2.72. The molecule has 22 heavy (non-hydrogen) atoms. The largest absolute Gasteiger partial charge is 0.370 e. The third-order valence-electron chi connectivity index (χ3n) is 4.66. The van der Waals surface area contributed by atoms with Crippen LogP contribution < -0.4 is 4.90 Å². The summed E-state index contributed by atoms with van der Waals surface area (Å²) in [6, 6.07) is 4.00. The molecule has 0 bridgehead atoms. The Balaban J connectivity index is 1.67. The Hall–Kier alpha value is -1.79. The SMILES string of the molecule is Cc1ccc2ncnc(N3CCC4(CN(C)CCO4)C3)c2n1. The Morgan fingerprint density at radius 1 is 1.18 bits per heavy atom. The van der Waals surface area contributed by atoms with E-state index in [9.17, 15) is 0 Å². The fourth-order valence-corrected chi connectivity index (χ4v) is 3.56. The number of hydrogen-bond acceptors (Lipinski definition) is 6. The number of ether oxygens (including phenoxy) is 1. The van der Waals surface area contributed by atoms with E-state index in [1.165, 1.54) is 0 Å². The molecule has 0 N–H and O–H groups in total. The third kappa shape index (κ3) is 2.32. The number of likely N-dealkylation sites (N-methyl/N-ethyl adjacent to an activating group) is 1. The Morgan fingerprint density at radius 3 is 2.95 bits per heavy atom. The monoisotopic (exact) mass is 299 g/mol. The summed E-state index contributed by atoms with van der Waals surface area (Å²) in [6.07, 6.45) is 2.67. The molecule has 2 aliphatic heterocycles. The summed E-state index contributed by atoms with van der Waals surface area (Å²) in [5.74, 6) is 0.933. The number of rotatable bonds is 1. The van der Waals surface area contributed by atoms with Gasteiger partial charge in [0.15, 0.2) is 5.82 Å². The van der Waals surface area contributed by atoms with E-state index in [4.69, 9.17) is 4.74 Å². The smallest absolute Gasteiger partial charge is 0.158 e. The van der Waals surface area contributed by atoms with E-state index in [0.717, 1.165) is 61.8 Å².